The van der Waals surface area contributed by atoms with E-state index in [4.69, 9.17) is 5.73 Å². The van der Waals surface area contributed by atoms with E-state index >= 15 is 0 Å². The highest BCUT2D eigenvalue weighted by atomic mass is 16.1. The zero-order chi connectivity index (χ0) is 17.1. The number of pyridine rings is 1. The highest BCUT2D eigenvalue weighted by Gasteiger charge is 2.04. The Morgan fingerprint density at radius 3 is 2.75 bits per heavy atom. The molecule has 1 amide bonds. The highest BCUT2D eigenvalue weighted by Crippen LogP contribution is 2.24. The number of nitrogens with zero attached hydrogens (tertiary/aromatic N) is 1. The fraction of sp³-hybridized carbons (Fsp3) is 0.100. The fourth-order valence-electron chi connectivity index (χ4n) is 2.60. The van der Waals surface area contributed by atoms with Gasteiger partial charge >= 0.3 is 0 Å². The molecular formula is C20H19N3O. The summed E-state index contributed by atoms with van der Waals surface area (Å²) in [5.41, 5.74) is 11.2. The molecule has 0 aliphatic rings. The van der Waals surface area contributed by atoms with E-state index in [1.807, 2.05) is 62.4 Å². The molecule has 0 aliphatic carbocycles. The molecule has 0 unspecified atom stereocenters. The molecule has 24 heavy (non-hydrogen) atoms. The first kappa shape index (κ1) is 15.7. The summed E-state index contributed by atoms with van der Waals surface area (Å²) in [6.07, 6.45) is 3.32. The Labute approximate surface area is 141 Å². The van der Waals surface area contributed by atoms with Gasteiger partial charge in [0.15, 0.2) is 0 Å². The van der Waals surface area contributed by atoms with Crippen LogP contribution in [0.3, 0.4) is 0 Å². The lowest BCUT2D eigenvalue weighted by molar-refractivity contribution is -0.111. The molecule has 0 spiro atoms. The second-order valence-electron chi connectivity index (χ2n) is 5.82. The van der Waals surface area contributed by atoms with E-state index < -0.39 is 0 Å². The number of hydrogen-bond acceptors (Lipinski definition) is 3. The first-order valence-electron chi connectivity index (χ1n) is 7.74. The lowest BCUT2D eigenvalue weighted by Gasteiger charge is -2.07. The van der Waals surface area contributed by atoms with Gasteiger partial charge in [-0.25, -0.2) is 0 Å². The molecule has 3 aromatic rings. The van der Waals surface area contributed by atoms with E-state index in [1.165, 1.54) is 6.08 Å². The first-order chi connectivity index (χ1) is 11.5. The van der Waals surface area contributed by atoms with Crippen LogP contribution in [0, 0.1) is 13.8 Å². The van der Waals surface area contributed by atoms with Crippen LogP contribution in [0.15, 0.2) is 54.6 Å². The summed E-state index contributed by atoms with van der Waals surface area (Å²) >= 11 is 0. The van der Waals surface area contributed by atoms with Crippen molar-refractivity contribution in [3.63, 3.8) is 0 Å². The third kappa shape index (κ3) is 3.60. The maximum Gasteiger partial charge on any atom is 0.248 e. The summed E-state index contributed by atoms with van der Waals surface area (Å²) in [5.74, 6) is -0.186. The van der Waals surface area contributed by atoms with Gasteiger partial charge in [-0.1, -0.05) is 29.8 Å². The zero-order valence-corrected chi connectivity index (χ0v) is 13.7. The average Bonchev–Trinajstić information content (AvgIpc) is 2.53. The molecule has 1 aromatic heterocycles. The Morgan fingerprint density at radius 1 is 1.12 bits per heavy atom. The molecule has 0 bridgehead atoms. The van der Waals surface area contributed by atoms with Gasteiger partial charge in [0, 0.05) is 28.5 Å². The van der Waals surface area contributed by atoms with Crippen molar-refractivity contribution in [3.8, 4) is 0 Å². The lowest BCUT2D eigenvalue weighted by atomic mass is 10.1. The summed E-state index contributed by atoms with van der Waals surface area (Å²) in [4.78, 5) is 16.5. The number of benzene rings is 2. The monoisotopic (exact) mass is 317 g/mol. The Bertz CT molecular complexity index is 945. The number of hydrogen-bond donors (Lipinski definition) is 2. The van der Waals surface area contributed by atoms with Crippen molar-refractivity contribution in [1.29, 1.82) is 0 Å². The average molecular weight is 317 g/mol. The zero-order valence-electron chi connectivity index (χ0n) is 13.7. The third-order valence-corrected chi connectivity index (χ3v) is 3.71. The van der Waals surface area contributed by atoms with E-state index in [-0.39, 0.29) is 5.91 Å². The van der Waals surface area contributed by atoms with Crippen LogP contribution in [0.2, 0.25) is 0 Å². The van der Waals surface area contributed by atoms with E-state index in [9.17, 15) is 4.79 Å². The normalized spacial score (nSPS) is 11.1. The van der Waals surface area contributed by atoms with Crippen molar-refractivity contribution in [3.05, 3.63) is 71.4 Å². The van der Waals surface area contributed by atoms with Crippen molar-refractivity contribution in [2.45, 2.75) is 13.8 Å². The van der Waals surface area contributed by atoms with Gasteiger partial charge < -0.3 is 11.1 Å². The molecule has 1 heterocycles. The van der Waals surface area contributed by atoms with E-state index in [2.05, 4.69) is 10.3 Å². The van der Waals surface area contributed by atoms with Crippen molar-refractivity contribution >= 4 is 34.3 Å². The molecule has 0 fully saturated rings. The molecule has 3 rings (SSSR count). The molecule has 3 N–H and O–H groups in total. The number of carbonyl (C=O) groups is 1. The predicted octanol–water partition coefficient (Wildman–Crippen LogP) is 4.09. The minimum atomic E-state index is -0.186. The van der Waals surface area contributed by atoms with Gasteiger partial charge in [-0.3, -0.25) is 9.78 Å². The Hall–Kier alpha value is -3.14. The maximum atomic E-state index is 12.1. The highest BCUT2D eigenvalue weighted by molar-refractivity contribution is 6.03. The van der Waals surface area contributed by atoms with Gasteiger partial charge in [0.2, 0.25) is 5.91 Å². The van der Waals surface area contributed by atoms with Crippen LogP contribution >= 0.6 is 0 Å². The van der Waals surface area contributed by atoms with Gasteiger partial charge in [-0.2, -0.15) is 0 Å². The Balaban J connectivity index is 1.78. The molecule has 0 radical (unpaired) electrons. The molecule has 120 valence electrons. The number of aryl methyl sites for hydroxylation is 2. The molecule has 0 saturated carbocycles. The number of nitrogens with one attached hydrogen (secondary N) is 1. The van der Waals surface area contributed by atoms with E-state index in [1.54, 1.807) is 6.08 Å². The quantitative estimate of drug-likeness (QED) is 0.715. The van der Waals surface area contributed by atoms with Crippen LogP contribution in [0.4, 0.5) is 11.4 Å². The van der Waals surface area contributed by atoms with Crippen LogP contribution in [-0.2, 0) is 4.79 Å². The minimum Gasteiger partial charge on any atom is -0.398 e. The van der Waals surface area contributed by atoms with Crippen LogP contribution in [0.1, 0.15) is 16.8 Å². The number of carbonyl (C=O) groups excluding carboxylic acids is 1. The summed E-state index contributed by atoms with van der Waals surface area (Å²) < 4.78 is 0. The van der Waals surface area contributed by atoms with E-state index in [0.29, 0.717) is 11.4 Å². The van der Waals surface area contributed by atoms with E-state index in [0.717, 1.165) is 27.7 Å². The number of fused-ring (bicyclic) bond motifs is 1. The largest absolute Gasteiger partial charge is 0.398 e. The molecule has 4 nitrogen and oxygen atoms in total. The smallest absolute Gasteiger partial charge is 0.248 e. The standard InChI is InChI=1S/C20H19N3O/c1-13-4-3-5-15(10-13)6-9-20(24)23-16-7-8-19-17(12-16)18(21)11-14(2)22-19/h3-12H,1-2H3,(H2,21,22)(H,23,24)/b9-6+. The van der Waals surface area contributed by atoms with Gasteiger partial charge in [0.1, 0.15) is 0 Å². The number of aromatic nitrogens is 1. The molecule has 4 heteroatoms. The summed E-state index contributed by atoms with van der Waals surface area (Å²) in [5, 5.41) is 3.69. The number of nitrogens with two attached hydrogens (primary N) is 1. The number of rotatable bonds is 3. The SMILES string of the molecule is Cc1cccc(/C=C/C(=O)Nc2ccc3nc(C)cc(N)c3c2)c1. The number of amides is 1. The maximum absolute atomic E-state index is 12.1. The van der Waals surface area contributed by atoms with Crippen molar-refractivity contribution in [2.24, 2.45) is 0 Å². The summed E-state index contributed by atoms with van der Waals surface area (Å²) in [6, 6.07) is 15.3. The van der Waals surface area contributed by atoms with Crippen LogP contribution < -0.4 is 11.1 Å². The van der Waals surface area contributed by atoms with Gasteiger partial charge in [0.05, 0.1) is 5.52 Å². The van der Waals surface area contributed by atoms with Crippen molar-refractivity contribution in [2.75, 3.05) is 11.1 Å². The van der Waals surface area contributed by atoms with Crippen LogP contribution in [0.5, 0.6) is 0 Å². The fourth-order valence-corrected chi connectivity index (χ4v) is 2.60. The Kier molecular flexibility index (Phi) is 4.29. The first-order valence-corrected chi connectivity index (χ1v) is 7.74. The summed E-state index contributed by atoms with van der Waals surface area (Å²) in [6.45, 7) is 3.92. The minimum absolute atomic E-state index is 0.186. The second-order valence-corrected chi connectivity index (χ2v) is 5.82. The van der Waals surface area contributed by atoms with Gasteiger partial charge in [0.25, 0.3) is 0 Å². The van der Waals surface area contributed by atoms with Crippen molar-refractivity contribution in [1.82, 2.24) is 4.98 Å². The van der Waals surface area contributed by atoms with Crippen LogP contribution in [0.25, 0.3) is 17.0 Å². The lowest BCUT2D eigenvalue weighted by Crippen LogP contribution is -2.07. The second kappa shape index (κ2) is 6.54. The van der Waals surface area contributed by atoms with Gasteiger partial charge in [-0.15, -0.1) is 0 Å². The number of anilines is 2. The topological polar surface area (TPSA) is 68.0 Å². The number of nitrogen functional groups attached to an aromatic ring is 1. The molecule has 0 atom stereocenters. The Morgan fingerprint density at radius 2 is 1.96 bits per heavy atom. The van der Waals surface area contributed by atoms with Crippen LogP contribution in [-0.4, -0.2) is 10.9 Å². The molecule has 0 aliphatic heterocycles. The predicted molar refractivity (Wildman–Crippen MR) is 99.7 cm³/mol. The van der Waals surface area contributed by atoms with Crippen molar-refractivity contribution < 1.29 is 4.79 Å². The molecular weight excluding hydrogens is 298 g/mol. The van der Waals surface area contributed by atoms with Gasteiger partial charge in [-0.05, 0) is 49.8 Å². The third-order valence-electron chi connectivity index (χ3n) is 3.71. The molecule has 2 aromatic carbocycles. The molecule has 0 saturated heterocycles. The summed E-state index contributed by atoms with van der Waals surface area (Å²) in [7, 11) is 0.